The number of carbonyl (C=O) groups is 1. The average Bonchev–Trinajstić information content (AvgIpc) is 1.65. The Balaban J connectivity index is 0. The van der Waals surface area contributed by atoms with Crippen molar-refractivity contribution >= 4 is 5.97 Å². The number of carboxylic acids is 1. The van der Waals surface area contributed by atoms with Crippen molar-refractivity contribution in [2.24, 2.45) is 0 Å². The number of carboxylic acid groups (broad SMARTS) is 1. The van der Waals surface area contributed by atoms with Crippen LogP contribution in [0, 0.1) is 0 Å². The predicted molar refractivity (Wildman–Crippen MR) is 21.5 cm³/mol. The van der Waals surface area contributed by atoms with E-state index >= 15 is 0 Å². The minimum atomic E-state index is -1.18. The van der Waals surface area contributed by atoms with E-state index in [1.165, 1.54) is 14.0 Å². The van der Waals surface area contributed by atoms with Crippen LogP contribution in [0.15, 0.2) is 0 Å². The Morgan fingerprint density at radius 1 is 1.75 bits per heavy atom. The summed E-state index contributed by atoms with van der Waals surface area (Å²) in [6, 6.07) is 0. The molecule has 0 saturated heterocycles. The van der Waals surface area contributed by atoms with Crippen LogP contribution >= 0.6 is 0 Å². The molecule has 0 saturated carbocycles. The van der Waals surface area contributed by atoms with Gasteiger partial charge in [-0.15, -0.1) is 0 Å². The Bertz CT molecular complexity index is 73.7. The van der Waals surface area contributed by atoms with E-state index in [1.807, 2.05) is 0 Å². The molecule has 4 heteroatoms. The molecule has 0 bridgehead atoms. The molecule has 0 aliphatic carbocycles. The quantitative estimate of drug-likeness (QED) is 0.338. The van der Waals surface area contributed by atoms with Gasteiger partial charge in [0.05, 0.1) is 12.1 Å². The van der Waals surface area contributed by atoms with Crippen LogP contribution in [0.3, 0.4) is 0 Å². The van der Waals surface area contributed by atoms with Crippen LogP contribution in [0.25, 0.3) is 0 Å². The zero-order valence-electron chi connectivity index (χ0n) is 5.30. The number of aliphatic carboxylic acids is 1. The van der Waals surface area contributed by atoms with Crippen molar-refractivity contribution in [3.63, 3.8) is 0 Å². The van der Waals surface area contributed by atoms with E-state index in [0.29, 0.717) is 0 Å². The van der Waals surface area contributed by atoms with E-state index in [1.54, 1.807) is 0 Å². The van der Waals surface area contributed by atoms with Gasteiger partial charge in [0.15, 0.2) is 0 Å². The number of ether oxygens (including phenoxy) is 1. The molecule has 0 aromatic carbocycles. The molecule has 0 fully saturated rings. The Hall–Kier alpha value is 0.0274. The van der Waals surface area contributed by atoms with Gasteiger partial charge >= 0.3 is 18.9 Å². The van der Waals surface area contributed by atoms with Gasteiger partial charge in [0, 0.05) is 7.11 Å². The summed E-state index contributed by atoms with van der Waals surface area (Å²) >= 11 is 0. The maximum absolute atomic E-state index is 9.69. The van der Waals surface area contributed by atoms with Gasteiger partial charge in [0.2, 0.25) is 0 Å². The maximum Gasteiger partial charge on any atom is 1.00 e. The molecule has 0 N–H and O–H groups in total. The molecule has 1 atom stereocenters. The van der Waals surface area contributed by atoms with Crippen LogP contribution in [0.2, 0.25) is 0 Å². The Morgan fingerprint density at radius 3 is 2.12 bits per heavy atom. The molecule has 42 valence electrons. The van der Waals surface area contributed by atoms with E-state index in [0.717, 1.165) is 0 Å². The summed E-state index contributed by atoms with van der Waals surface area (Å²) in [6.45, 7) is 1.41. The minimum absolute atomic E-state index is 0. The van der Waals surface area contributed by atoms with Crippen molar-refractivity contribution in [3.8, 4) is 0 Å². The van der Waals surface area contributed by atoms with Crippen molar-refractivity contribution in [3.05, 3.63) is 0 Å². The van der Waals surface area contributed by atoms with Gasteiger partial charge < -0.3 is 14.6 Å². The molecular weight excluding hydrogens is 103 g/mol. The summed E-state index contributed by atoms with van der Waals surface area (Å²) in [7, 11) is 1.32. The van der Waals surface area contributed by atoms with Crippen molar-refractivity contribution in [2.75, 3.05) is 7.11 Å². The number of hydrogen-bond donors (Lipinski definition) is 0. The number of hydrogen-bond acceptors (Lipinski definition) is 3. The zero-order chi connectivity index (χ0) is 5.86. The molecule has 1 unspecified atom stereocenters. The molecule has 8 heavy (non-hydrogen) atoms. The maximum atomic E-state index is 9.69. The first-order valence-corrected chi connectivity index (χ1v) is 1.92. The standard InChI is InChI=1S/C4H8O3.Li/c1-3(7-2)4(5)6;/h3H,1-2H3,(H,5,6);/q;+1/p-1. The second-order valence-corrected chi connectivity index (χ2v) is 1.20. The molecule has 3 nitrogen and oxygen atoms in total. The predicted octanol–water partition coefficient (Wildman–Crippen LogP) is -4.22. The first-order chi connectivity index (χ1) is 3.18. The molecule has 0 aliphatic rings. The van der Waals surface area contributed by atoms with Crippen LogP contribution in [-0.4, -0.2) is 19.2 Å². The number of carbonyl (C=O) groups excluding carboxylic acids is 1. The second-order valence-electron chi connectivity index (χ2n) is 1.20. The van der Waals surface area contributed by atoms with Gasteiger partial charge in [-0.05, 0) is 6.92 Å². The van der Waals surface area contributed by atoms with E-state index in [9.17, 15) is 9.90 Å². The largest absolute Gasteiger partial charge is 1.00 e. The Morgan fingerprint density at radius 2 is 2.12 bits per heavy atom. The normalized spacial score (nSPS) is 11.8. The average molecular weight is 110 g/mol. The monoisotopic (exact) mass is 110 g/mol. The minimum Gasteiger partial charge on any atom is -0.547 e. The smallest absolute Gasteiger partial charge is 0.547 e. The van der Waals surface area contributed by atoms with Gasteiger partial charge in [0.25, 0.3) is 0 Å². The van der Waals surface area contributed by atoms with Gasteiger partial charge in [-0.3, -0.25) is 0 Å². The summed E-state index contributed by atoms with van der Waals surface area (Å²) in [5.41, 5.74) is 0. The fraction of sp³-hybridized carbons (Fsp3) is 0.750. The molecule has 0 spiro atoms. The van der Waals surface area contributed by atoms with Crippen LogP contribution in [-0.2, 0) is 9.53 Å². The van der Waals surface area contributed by atoms with E-state index in [-0.39, 0.29) is 18.9 Å². The van der Waals surface area contributed by atoms with E-state index < -0.39 is 12.1 Å². The number of methoxy groups -OCH3 is 1. The fourth-order valence-electron chi connectivity index (χ4n) is 0.0962. The van der Waals surface area contributed by atoms with Crippen LogP contribution in [0.1, 0.15) is 6.92 Å². The Labute approximate surface area is 60.2 Å². The van der Waals surface area contributed by atoms with Crippen molar-refractivity contribution < 1.29 is 33.5 Å². The topological polar surface area (TPSA) is 49.4 Å². The summed E-state index contributed by atoms with van der Waals surface area (Å²) < 4.78 is 4.35. The van der Waals surface area contributed by atoms with Gasteiger partial charge in [0.1, 0.15) is 0 Å². The molecule has 0 rings (SSSR count). The first-order valence-electron chi connectivity index (χ1n) is 1.92. The van der Waals surface area contributed by atoms with Gasteiger partial charge in [-0.2, -0.15) is 0 Å². The van der Waals surface area contributed by atoms with Crippen molar-refractivity contribution in [1.29, 1.82) is 0 Å². The Kier molecular flexibility index (Phi) is 7.05. The van der Waals surface area contributed by atoms with Crippen LogP contribution in [0.4, 0.5) is 0 Å². The molecule has 0 aliphatic heterocycles. The third kappa shape index (κ3) is 4.19. The summed E-state index contributed by atoms with van der Waals surface area (Å²) in [4.78, 5) is 9.69. The third-order valence-corrected chi connectivity index (χ3v) is 0.685. The molecular formula is C4H7LiO3. The van der Waals surface area contributed by atoms with Crippen LogP contribution in [0.5, 0.6) is 0 Å². The molecule has 0 aromatic heterocycles. The van der Waals surface area contributed by atoms with Crippen molar-refractivity contribution in [1.82, 2.24) is 0 Å². The molecule has 0 aromatic rings. The molecule has 0 amide bonds. The fourth-order valence-corrected chi connectivity index (χ4v) is 0.0962. The molecule has 0 radical (unpaired) electrons. The third-order valence-electron chi connectivity index (χ3n) is 0.685. The summed E-state index contributed by atoms with van der Waals surface area (Å²) in [5.74, 6) is -1.18. The van der Waals surface area contributed by atoms with Crippen molar-refractivity contribution in [2.45, 2.75) is 13.0 Å². The van der Waals surface area contributed by atoms with Gasteiger partial charge in [-0.1, -0.05) is 0 Å². The number of rotatable bonds is 2. The van der Waals surface area contributed by atoms with Crippen LogP contribution < -0.4 is 24.0 Å². The van der Waals surface area contributed by atoms with Gasteiger partial charge in [-0.25, -0.2) is 0 Å². The second kappa shape index (κ2) is 5.17. The SMILES string of the molecule is COC(C)C(=O)[O-].[Li+]. The first kappa shape index (κ1) is 10.9. The summed E-state index contributed by atoms with van der Waals surface area (Å²) in [5, 5.41) is 9.69. The van der Waals surface area contributed by atoms with E-state index in [2.05, 4.69) is 4.74 Å². The summed E-state index contributed by atoms with van der Waals surface area (Å²) in [6.07, 6.45) is -0.792. The zero-order valence-corrected chi connectivity index (χ0v) is 5.30. The van der Waals surface area contributed by atoms with E-state index in [4.69, 9.17) is 0 Å². The molecule has 0 heterocycles.